The summed E-state index contributed by atoms with van der Waals surface area (Å²) in [7, 11) is 0. The van der Waals surface area contributed by atoms with Crippen LogP contribution in [0, 0.1) is 5.82 Å². The second kappa shape index (κ2) is 3.35. The molecule has 1 saturated carbocycles. The molecule has 0 aromatic heterocycles. The highest BCUT2D eigenvalue weighted by Crippen LogP contribution is 2.37. The molecule has 4 heteroatoms. The van der Waals surface area contributed by atoms with Crippen molar-refractivity contribution in [3.63, 3.8) is 0 Å². The molecule has 1 atom stereocenters. The lowest BCUT2D eigenvalue weighted by Gasteiger charge is -2.10. The topological polar surface area (TPSA) is 21.3 Å². The third-order valence-corrected chi connectivity index (χ3v) is 3.14. The minimum Gasteiger partial charge on any atom is -0.491 e. The average Bonchev–Trinajstić information content (AvgIpc) is 2.94. The first-order chi connectivity index (χ1) is 7.24. The Morgan fingerprint density at radius 3 is 2.93 bits per heavy atom. The van der Waals surface area contributed by atoms with Gasteiger partial charge >= 0.3 is 0 Å². The monoisotopic (exact) mass is 227 g/mol. The highest BCUT2D eigenvalue weighted by molar-refractivity contribution is 6.30. The van der Waals surface area contributed by atoms with Crippen LogP contribution in [0.3, 0.4) is 0 Å². The first kappa shape index (κ1) is 9.43. The van der Waals surface area contributed by atoms with Gasteiger partial charge in [-0.1, -0.05) is 11.6 Å². The predicted octanol–water partition coefficient (Wildman–Crippen LogP) is 2.66. The Morgan fingerprint density at radius 2 is 2.20 bits per heavy atom. The van der Waals surface area contributed by atoms with Crippen molar-refractivity contribution in [2.45, 2.75) is 24.9 Å². The normalized spacial score (nSPS) is 23.7. The lowest BCUT2D eigenvalue weighted by atomic mass is 10.1. The molecule has 0 radical (unpaired) electrons. The molecular formula is C11H11ClFNO. The Morgan fingerprint density at radius 1 is 1.40 bits per heavy atom. The molecular weight excluding hydrogens is 217 g/mol. The van der Waals surface area contributed by atoms with Crippen LogP contribution in [-0.2, 0) is 0 Å². The molecule has 2 nitrogen and oxygen atoms in total. The zero-order chi connectivity index (χ0) is 10.4. The second-order valence-corrected chi connectivity index (χ2v) is 4.52. The standard InChI is InChI=1S/C11H11ClFNO/c12-8-3-7-10(14-6-1-2-6)5-15-11(7)4-9(8)13/h3-4,6,10,14H,1-2,5H2. The number of hydrogen-bond acceptors (Lipinski definition) is 2. The van der Waals surface area contributed by atoms with E-state index in [1.165, 1.54) is 18.9 Å². The van der Waals surface area contributed by atoms with Gasteiger partial charge in [-0.3, -0.25) is 0 Å². The van der Waals surface area contributed by atoms with E-state index in [1.807, 2.05) is 0 Å². The molecule has 0 saturated heterocycles. The van der Waals surface area contributed by atoms with Crippen LogP contribution < -0.4 is 10.1 Å². The van der Waals surface area contributed by atoms with Crippen LogP contribution in [0.2, 0.25) is 5.02 Å². The van der Waals surface area contributed by atoms with E-state index in [1.54, 1.807) is 6.07 Å². The van der Waals surface area contributed by atoms with E-state index in [0.29, 0.717) is 18.4 Å². The molecule has 1 N–H and O–H groups in total. The summed E-state index contributed by atoms with van der Waals surface area (Å²) < 4.78 is 18.6. The predicted molar refractivity (Wildman–Crippen MR) is 55.8 cm³/mol. The first-order valence-corrected chi connectivity index (χ1v) is 5.49. The molecule has 15 heavy (non-hydrogen) atoms. The molecule has 0 amide bonds. The van der Waals surface area contributed by atoms with Crippen molar-refractivity contribution in [2.75, 3.05) is 6.61 Å². The van der Waals surface area contributed by atoms with Crippen LogP contribution in [0.25, 0.3) is 0 Å². The van der Waals surface area contributed by atoms with Crippen LogP contribution >= 0.6 is 11.6 Å². The summed E-state index contributed by atoms with van der Waals surface area (Å²) in [5.41, 5.74) is 0.980. The van der Waals surface area contributed by atoms with E-state index in [9.17, 15) is 4.39 Å². The van der Waals surface area contributed by atoms with E-state index in [4.69, 9.17) is 16.3 Å². The first-order valence-electron chi connectivity index (χ1n) is 5.12. The molecule has 1 aliphatic heterocycles. The van der Waals surface area contributed by atoms with E-state index in [-0.39, 0.29) is 11.1 Å². The Bertz CT molecular complexity index is 406. The fourth-order valence-corrected chi connectivity index (χ4v) is 2.05. The molecule has 80 valence electrons. The maximum atomic E-state index is 13.1. The minimum absolute atomic E-state index is 0.168. The zero-order valence-electron chi connectivity index (χ0n) is 8.09. The van der Waals surface area contributed by atoms with Crippen molar-refractivity contribution in [3.8, 4) is 5.75 Å². The molecule has 3 rings (SSSR count). The molecule has 1 aromatic rings. The largest absolute Gasteiger partial charge is 0.491 e. The summed E-state index contributed by atoms with van der Waals surface area (Å²) in [5.74, 6) is 0.206. The number of fused-ring (bicyclic) bond motifs is 1. The summed E-state index contributed by atoms with van der Waals surface area (Å²) in [6.07, 6.45) is 2.45. The van der Waals surface area contributed by atoms with Crippen molar-refractivity contribution in [1.29, 1.82) is 0 Å². The summed E-state index contributed by atoms with van der Waals surface area (Å²) >= 11 is 5.75. The average molecular weight is 228 g/mol. The van der Waals surface area contributed by atoms with Crippen molar-refractivity contribution >= 4 is 11.6 Å². The maximum Gasteiger partial charge on any atom is 0.145 e. The summed E-state index contributed by atoms with van der Waals surface area (Å²) in [6.45, 7) is 0.575. The minimum atomic E-state index is -0.414. The third-order valence-electron chi connectivity index (χ3n) is 2.85. The van der Waals surface area contributed by atoms with E-state index in [2.05, 4.69) is 5.32 Å². The van der Waals surface area contributed by atoms with Gasteiger partial charge in [-0.25, -0.2) is 4.39 Å². The lowest BCUT2D eigenvalue weighted by Crippen LogP contribution is -2.24. The van der Waals surface area contributed by atoms with Crippen LogP contribution in [0.5, 0.6) is 5.75 Å². The van der Waals surface area contributed by atoms with Crippen molar-refractivity contribution < 1.29 is 9.13 Å². The number of benzene rings is 1. The van der Waals surface area contributed by atoms with Gasteiger partial charge in [0.1, 0.15) is 18.2 Å². The van der Waals surface area contributed by atoms with Gasteiger partial charge in [0.05, 0.1) is 11.1 Å². The Kier molecular flexibility index (Phi) is 2.11. The Labute approximate surface area is 92.4 Å². The van der Waals surface area contributed by atoms with Crippen molar-refractivity contribution in [2.24, 2.45) is 0 Å². The van der Waals surface area contributed by atoms with Crippen LogP contribution in [-0.4, -0.2) is 12.6 Å². The zero-order valence-corrected chi connectivity index (χ0v) is 8.85. The number of hydrogen-bond donors (Lipinski definition) is 1. The molecule has 1 fully saturated rings. The molecule has 1 unspecified atom stereocenters. The van der Waals surface area contributed by atoms with Crippen LogP contribution in [0.15, 0.2) is 12.1 Å². The third kappa shape index (κ3) is 1.70. The highest BCUT2D eigenvalue weighted by Gasteiger charge is 2.31. The number of rotatable bonds is 2. The molecule has 0 bridgehead atoms. The van der Waals surface area contributed by atoms with E-state index >= 15 is 0 Å². The number of nitrogens with one attached hydrogen (secondary N) is 1. The van der Waals surface area contributed by atoms with Gasteiger partial charge in [-0.05, 0) is 18.9 Å². The van der Waals surface area contributed by atoms with Gasteiger partial charge in [0, 0.05) is 17.7 Å². The number of halogens is 2. The van der Waals surface area contributed by atoms with Gasteiger partial charge in [0.15, 0.2) is 0 Å². The van der Waals surface area contributed by atoms with E-state index in [0.717, 1.165) is 5.56 Å². The molecule has 1 heterocycles. The second-order valence-electron chi connectivity index (χ2n) is 4.11. The molecule has 2 aliphatic rings. The van der Waals surface area contributed by atoms with Crippen LogP contribution in [0.4, 0.5) is 4.39 Å². The molecule has 0 spiro atoms. The summed E-state index contributed by atoms with van der Waals surface area (Å²) in [4.78, 5) is 0. The Hall–Kier alpha value is -0.800. The van der Waals surface area contributed by atoms with Gasteiger partial charge in [0.2, 0.25) is 0 Å². The highest BCUT2D eigenvalue weighted by atomic mass is 35.5. The SMILES string of the molecule is Fc1cc2c(cc1Cl)C(NC1CC1)CO2. The quantitative estimate of drug-likeness (QED) is 0.839. The summed E-state index contributed by atoms with van der Waals surface area (Å²) in [5, 5.41) is 3.62. The summed E-state index contributed by atoms with van der Waals surface area (Å²) in [6, 6.07) is 3.81. The van der Waals surface area contributed by atoms with Gasteiger partial charge < -0.3 is 10.1 Å². The fourth-order valence-electron chi connectivity index (χ4n) is 1.88. The lowest BCUT2D eigenvalue weighted by molar-refractivity contribution is 0.309. The van der Waals surface area contributed by atoms with Gasteiger partial charge in [-0.2, -0.15) is 0 Å². The van der Waals surface area contributed by atoms with Gasteiger partial charge in [0.25, 0.3) is 0 Å². The van der Waals surface area contributed by atoms with Crippen LogP contribution in [0.1, 0.15) is 24.4 Å². The van der Waals surface area contributed by atoms with Gasteiger partial charge in [-0.15, -0.1) is 0 Å². The Balaban J connectivity index is 1.90. The number of ether oxygens (including phenoxy) is 1. The molecule has 1 aromatic carbocycles. The van der Waals surface area contributed by atoms with E-state index < -0.39 is 5.82 Å². The fraction of sp³-hybridized carbons (Fsp3) is 0.455. The van der Waals surface area contributed by atoms with Crippen molar-refractivity contribution in [3.05, 3.63) is 28.5 Å². The van der Waals surface area contributed by atoms with Crippen molar-refractivity contribution in [1.82, 2.24) is 5.32 Å². The molecule has 1 aliphatic carbocycles. The maximum absolute atomic E-state index is 13.1. The smallest absolute Gasteiger partial charge is 0.145 e.